The van der Waals surface area contributed by atoms with Gasteiger partial charge < -0.3 is 10.1 Å². The van der Waals surface area contributed by atoms with Gasteiger partial charge in [0.05, 0.1) is 5.69 Å². The van der Waals surface area contributed by atoms with Gasteiger partial charge in [0.15, 0.2) is 5.75 Å². The van der Waals surface area contributed by atoms with Crippen molar-refractivity contribution < 1.29 is 17.9 Å². The maximum absolute atomic E-state index is 12.4. The van der Waals surface area contributed by atoms with Crippen molar-refractivity contribution in [3.63, 3.8) is 0 Å². The molecule has 0 heterocycles. The van der Waals surface area contributed by atoms with Crippen LogP contribution in [-0.4, -0.2) is 12.4 Å². The summed E-state index contributed by atoms with van der Waals surface area (Å²) in [5.74, 6) is 0.761. The van der Waals surface area contributed by atoms with Crippen LogP contribution in [0.25, 0.3) is 0 Å². The normalized spacial score (nSPS) is 12.3. The molecule has 2 nitrogen and oxygen atoms in total. The Hall–Kier alpha value is -1.39. The number of alkyl halides is 3. The molecule has 0 spiro atoms. The first-order chi connectivity index (χ1) is 9.67. The Bertz CT molecular complexity index is 420. The molecular formula is C16H24F3NO. The van der Waals surface area contributed by atoms with E-state index in [1.54, 1.807) is 12.1 Å². The Morgan fingerprint density at radius 3 is 2.00 bits per heavy atom. The molecule has 0 aromatic heterocycles. The predicted molar refractivity (Wildman–Crippen MR) is 79.4 cm³/mol. The number of hydrogen-bond donors (Lipinski definition) is 1. The molecule has 1 aromatic rings. The van der Waals surface area contributed by atoms with E-state index in [4.69, 9.17) is 0 Å². The van der Waals surface area contributed by atoms with Crippen molar-refractivity contribution >= 4 is 5.69 Å². The molecule has 0 radical (unpaired) electrons. The Balaban J connectivity index is 2.87. The van der Waals surface area contributed by atoms with Gasteiger partial charge in [0, 0.05) is 6.04 Å². The van der Waals surface area contributed by atoms with E-state index in [-0.39, 0.29) is 11.8 Å². The number of para-hydroxylation sites is 2. The zero-order valence-corrected chi connectivity index (χ0v) is 13.0. The fourth-order valence-corrected chi connectivity index (χ4v) is 2.37. The van der Waals surface area contributed by atoms with Gasteiger partial charge in [-0.1, -0.05) is 39.8 Å². The van der Waals surface area contributed by atoms with Gasteiger partial charge in [-0.15, -0.1) is 13.2 Å². The van der Waals surface area contributed by atoms with Crippen LogP contribution in [0, 0.1) is 11.8 Å². The topological polar surface area (TPSA) is 21.3 Å². The molecule has 21 heavy (non-hydrogen) atoms. The average molecular weight is 303 g/mol. The molecule has 5 heteroatoms. The fourth-order valence-electron chi connectivity index (χ4n) is 2.37. The number of hydrogen-bond acceptors (Lipinski definition) is 2. The first-order valence-electron chi connectivity index (χ1n) is 7.28. The Kier molecular flexibility index (Phi) is 6.37. The molecule has 1 rings (SSSR count). The van der Waals surface area contributed by atoms with Crippen LogP contribution >= 0.6 is 0 Å². The lowest BCUT2D eigenvalue weighted by atomic mass is 9.95. The smallest absolute Gasteiger partial charge is 0.404 e. The van der Waals surface area contributed by atoms with Gasteiger partial charge in [-0.2, -0.15) is 0 Å². The number of rotatable bonds is 7. The van der Waals surface area contributed by atoms with Crippen molar-refractivity contribution in [2.75, 3.05) is 5.32 Å². The minimum atomic E-state index is -4.68. The molecule has 1 N–H and O–H groups in total. The van der Waals surface area contributed by atoms with Crippen molar-refractivity contribution in [1.82, 2.24) is 0 Å². The molecule has 0 aliphatic rings. The van der Waals surface area contributed by atoms with Gasteiger partial charge in [-0.3, -0.25) is 0 Å². The van der Waals surface area contributed by atoms with Crippen LogP contribution in [0.3, 0.4) is 0 Å². The van der Waals surface area contributed by atoms with Crippen molar-refractivity contribution in [1.29, 1.82) is 0 Å². The van der Waals surface area contributed by atoms with Crippen LogP contribution in [0.5, 0.6) is 5.75 Å². The number of anilines is 1. The standard InChI is InChI=1S/C16H24F3NO/c1-11(2)9-13(10-12(3)4)20-14-7-5-6-8-15(14)21-16(17,18)19/h5-8,11-13,20H,9-10H2,1-4H3. The lowest BCUT2D eigenvalue weighted by molar-refractivity contribution is -0.274. The van der Waals surface area contributed by atoms with Gasteiger partial charge in [0.1, 0.15) is 0 Å². The molecule has 0 saturated carbocycles. The van der Waals surface area contributed by atoms with E-state index >= 15 is 0 Å². The molecule has 120 valence electrons. The van der Waals surface area contributed by atoms with Gasteiger partial charge in [0.2, 0.25) is 0 Å². The van der Waals surface area contributed by atoms with Crippen LogP contribution in [0.2, 0.25) is 0 Å². The van der Waals surface area contributed by atoms with Crippen molar-refractivity contribution in [2.45, 2.75) is 52.9 Å². The second kappa shape index (κ2) is 7.57. The molecular weight excluding hydrogens is 279 g/mol. The van der Waals surface area contributed by atoms with Gasteiger partial charge >= 0.3 is 6.36 Å². The maximum atomic E-state index is 12.4. The van der Waals surface area contributed by atoms with Crippen LogP contribution < -0.4 is 10.1 Å². The van der Waals surface area contributed by atoms with Gasteiger partial charge in [0.25, 0.3) is 0 Å². The Labute approximate surface area is 124 Å². The molecule has 0 unspecified atom stereocenters. The molecule has 0 saturated heterocycles. The summed E-state index contributed by atoms with van der Waals surface area (Å²) in [6, 6.07) is 6.31. The van der Waals surface area contributed by atoms with Crippen molar-refractivity contribution in [3.8, 4) is 5.75 Å². The maximum Gasteiger partial charge on any atom is 0.573 e. The second-order valence-electron chi connectivity index (χ2n) is 6.14. The summed E-state index contributed by atoms with van der Waals surface area (Å²) < 4.78 is 41.4. The summed E-state index contributed by atoms with van der Waals surface area (Å²) in [7, 11) is 0. The lowest BCUT2D eigenvalue weighted by Gasteiger charge is -2.25. The van der Waals surface area contributed by atoms with Crippen LogP contribution in [-0.2, 0) is 0 Å². The summed E-state index contributed by atoms with van der Waals surface area (Å²) in [6.45, 7) is 8.42. The highest BCUT2D eigenvalue weighted by Gasteiger charge is 2.32. The first-order valence-corrected chi connectivity index (χ1v) is 7.28. The number of nitrogens with one attached hydrogen (secondary N) is 1. The van der Waals surface area contributed by atoms with E-state index in [1.807, 2.05) is 0 Å². The molecule has 0 aliphatic carbocycles. The largest absolute Gasteiger partial charge is 0.573 e. The second-order valence-corrected chi connectivity index (χ2v) is 6.14. The van der Waals surface area contributed by atoms with Crippen LogP contribution in [0.1, 0.15) is 40.5 Å². The third kappa shape index (κ3) is 7.25. The Morgan fingerprint density at radius 2 is 1.52 bits per heavy atom. The van der Waals surface area contributed by atoms with E-state index in [0.717, 1.165) is 12.8 Å². The molecule has 1 aromatic carbocycles. The average Bonchev–Trinajstić information content (AvgIpc) is 2.27. The SMILES string of the molecule is CC(C)CC(CC(C)C)Nc1ccccc1OC(F)(F)F. The monoisotopic (exact) mass is 303 g/mol. The van der Waals surface area contributed by atoms with E-state index in [2.05, 4.69) is 37.7 Å². The molecule has 0 atom stereocenters. The zero-order valence-electron chi connectivity index (χ0n) is 13.0. The number of ether oxygens (including phenoxy) is 1. The van der Waals surface area contributed by atoms with E-state index in [0.29, 0.717) is 17.5 Å². The molecule has 0 bridgehead atoms. The highest BCUT2D eigenvalue weighted by atomic mass is 19.4. The summed E-state index contributed by atoms with van der Waals surface area (Å²) in [5, 5.41) is 3.21. The van der Waals surface area contributed by atoms with Gasteiger partial charge in [-0.05, 0) is 36.8 Å². The van der Waals surface area contributed by atoms with Crippen LogP contribution in [0.4, 0.5) is 18.9 Å². The zero-order chi connectivity index (χ0) is 16.0. The number of halogens is 3. The van der Waals surface area contributed by atoms with E-state index in [9.17, 15) is 13.2 Å². The minimum Gasteiger partial charge on any atom is -0.404 e. The quantitative estimate of drug-likeness (QED) is 0.722. The van der Waals surface area contributed by atoms with E-state index in [1.165, 1.54) is 12.1 Å². The molecule has 0 amide bonds. The number of benzene rings is 1. The summed E-state index contributed by atoms with van der Waals surface area (Å²) in [5.41, 5.74) is 0.390. The summed E-state index contributed by atoms with van der Waals surface area (Å²) >= 11 is 0. The van der Waals surface area contributed by atoms with Crippen molar-refractivity contribution in [2.24, 2.45) is 11.8 Å². The molecule has 0 fully saturated rings. The third-order valence-electron chi connectivity index (χ3n) is 2.98. The summed E-state index contributed by atoms with van der Waals surface area (Å²) in [6.07, 6.45) is -2.87. The lowest BCUT2D eigenvalue weighted by Crippen LogP contribution is -2.25. The molecule has 0 aliphatic heterocycles. The van der Waals surface area contributed by atoms with Gasteiger partial charge in [-0.25, -0.2) is 0 Å². The fraction of sp³-hybridized carbons (Fsp3) is 0.625. The first kappa shape index (κ1) is 17.7. The predicted octanol–water partition coefficient (Wildman–Crippen LogP) is 5.46. The summed E-state index contributed by atoms with van der Waals surface area (Å²) in [4.78, 5) is 0. The van der Waals surface area contributed by atoms with Crippen molar-refractivity contribution in [3.05, 3.63) is 24.3 Å². The Morgan fingerprint density at radius 1 is 1.00 bits per heavy atom. The highest BCUT2D eigenvalue weighted by molar-refractivity contribution is 5.56. The third-order valence-corrected chi connectivity index (χ3v) is 2.98. The van der Waals surface area contributed by atoms with Crippen LogP contribution in [0.15, 0.2) is 24.3 Å². The minimum absolute atomic E-state index is 0.128. The van der Waals surface area contributed by atoms with E-state index < -0.39 is 6.36 Å². The highest BCUT2D eigenvalue weighted by Crippen LogP contribution is 2.31.